The molecule has 0 bridgehead atoms. The van der Waals surface area contributed by atoms with Crippen molar-refractivity contribution in [3.05, 3.63) is 82.0 Å². The number of hydrogen-bond acceptors (Lipinski definition) is 5. The molecule has 0 aliphatic carbocycles. The minimum atomic E-state index is -0.220. The second-order valence-electron chi connectivity index (χ2n) is 6.02. The Bertz CT molecular complexity index is 1190. The minimum Gasteiger partial charge on any atom is -0.493 e. The van der Waals surface area contributed by atoms with Gasteiger partial charge in [-0.3, -0.25) is 9.59 Å². The molecule has 0 amide bonds. The average Bonchev–Trinajstić information content (AvgIpc) is 2.72. The van der Waals surface area contributed by atoms with E-state index in [2.05, 4.69) is 0 Å². The van der Waals surface area contributed by atoms with Gasteiger partial charge in [-0.15, -0.1) is 0 Å². The maximum Gasteiger partial charge on any atom is 0.200 e. The lowest BCUT2D eigenvalue weighted by molar-refractivity contribution is 0.111. The summed E-state index contributed by atoms with van der Waals surface area (Å²) in [5.74, 6) is 0.561. The molecule has 0 aliphatic heterocycles. The topological polar surface area (TPSA) is 65.7 Å². The predicted octanol–water partition coefficient (Wildman–Crippen LogP) is 4.35. The Kier molecular flexibility index (Phi) is 4.34. The van der Waals surface area contributed by atoms with Gasteiger partial charge in [-0.2, -0.15) is 0 Å². The third-order valence-electron chi connectivity index (χ3n) is 4.39. The van der Waals surface area contributed by atoms with E-state index in [1.807, 2.05) is 30.3 Å². The van der Waals surface area contributed by atoms with E-state index < -0.39 is 0 Å². The molecular formula is C22H16O5. The standard InChI is InChI=1S/C22H16O5/c1-25-19-11-16-20(24)15-9-5-6-10-18(15)27-21(16)17(12-23)22(19)26-13-14-7-3-2-4-8-14/h2-12H,13H2,1H3. The van der Waals surface area contributed by atoms with Crippen molar-refractivity contribution >= 4 is 28.2 Å². The van der Waals surface area contributed by atoms with Gasteiger partial charge >= 0.3 is 0 Å². The zero-order valence-electron chi connectivity index (χ0n) is 14.6. The highest BCUT2D eigenvalue weighted by Crippen LogP contribution is 2.37. The lowest BCUT2D eigenvalue weighted by Gasteiger charge is -2.14. The first kappa shape index (κ1) is 16.8. The van der Waals surface area contributed by atoms with Crippen molar-refractivity contribution in [1.29, 1.82) is 0 Å². The fourth-order valence-corrected chi connectivity index (χ4v) is 3.06. The van der Waals surface area contributed by atoms with Gasteiger partial charge in [0.05, 0.1) is 17.9 Å². The average molecular weight is 360 g/mol. The fourth-order valence-electron chi connectivity index (χ4n) is 3.06. The molecular weight excluding hydrogens is 344 g/mol. The smallest absolute Gasteiger partial charge is 0.200 e. The van der Waals surface area contributed by atoms with Gasteiger partial charge in [0, 0.05) is 0 Å². The Labute approximate surface area is 154 Å². The van der Waals surface area contributed by atoms with Crippen molar-refractivity contribution in [1.82, 2.24) is 0 Å². The first-order valence-corrected chi connectivity index (χ1v) is 8.41. The summed E-state index contributed by atoms with van der Waals surface area (Å²) in [5.41, 5.74) is 1.48. The number of benzene rings is 3. The maximum absolute atomic E-state index is 12.8. The van der Waals surface area contributed by atoms with Crippen LogP contribution in [0.15, 0.2) is 69.9 Å². The van der Waals surface area contributed by atoms with Gasteiger partial charge in [0.1, 0.15) is 17.8 Å². The van der Waals surface area contributed by atoms with Crippen molar-refractivity contribution in [2.75, 3.05) is 7.11 Å². The second kappa shape index (κ2) is 6.96. The van der Waals surface area contributed by atoms with E-state index in [4.69, 9.17) is 13.9 Å². The highest BCUT2D eigenvalue weighted by atomic mass is 16.5. The SMILES string of the molecule is COc1cc2c(=O)c3ccccc3oc2c(C=O)c1OCc1ccccc1. The Morgan fingerprint density at radius 2 is 1.74 bits per heavy atom. The number of ether oxygens (including phenoxy) is 2. The number of para-hydroxylation sites is 1. The summed E-state index contributed by atoms with van der Waals surface area (Å²) in [5, 5.41) is 0.724. The molecule has 1 heterocycles. The Balaban J connectivity index is 1.93. The van der Waals surface area contributed by atoms with Gasteiger partial charge in [-0.1, -0.05) is 42.5 Å². The zero-order chi connectivity index (χ0) is 18.8. The molecule has 0 unspecified atom stereocenters. The van der Waals surface area contributed by atoms with Crippen LogP contribution in [-0.4, -0.2) is 13.4 Å². The minimum absolute atomic E-state index is 0.156. The van der Waals surface area contributed by atoms with Crippen LogP contribution in [0.25, 0.3) is 21.9 Å². The van der Waals surface area contributed by atoms with Crippen LogP contribution >= 0.6 is 0 Å². The van der Waals surface area contributed by atoms with Crippen LogP contribution in [0.3, 0.4) is 0 Å². The highest BCUT2D eigenvalue weighted by molar-refractivity contribution is 6.02. The van der Waals surface area contributed by atoms with Crippen LogP contribution in [0.2, 0.25) is 0 Å². The third-order valence-corrected chi connectivity index (χ3v) is 4.39. The lowest BCUT2D eigenvalue weighted by Crippen LogP contribution is -2.07. The Morgan fingerprint density at radius 3 is 2.48 bits per heavy atom. The highest BCUT2D eigenvalue weighted by Gasteiger charge is 2.20. The normalized spacial score (nSPS) is 10.9. The molecule has 0 saturated heterocycles. The summed E-state index contributed by atoms with van der Waals surface area (Å²) in [6.07, 6.45) is 0.628. The molecule has 0 atom stereocenters. The van der Waals surface area contributed by atoms with Gasteiger partial charge < -0.3 is 13.9 Å². The van der Waals surface area contributed by atoms with E-state index in [0.717, 1.165) is 5.56 Å². The van der Waals surface area contributed by atoms with E-state index >= 15 is 0 Å². The molecule has 0 aliphatic rings. The van der Waals surface area contributed by atoms with Gasteiger partial charge in [0.15, 0.2) is 23.4 Å². The lowest BCUT2D eigenvalue weighted by atomic mass is 10.1. The van der Waals surface area contributed by atoms with E-state index in [1.165, 1.54) is 7.11 Å². The number of methoxy groups -OCH3 is 1. The second-order valence-corrected chi connectivity index (χ2v) is 6.02. The number of carbonyl (C=O) groups excluding carboxylic acids is 1. The number of aldehydes is 1. The third kappa shape index (κ3) is 2.93. The first-order chi connectivity index (χ1) is 13.2. The Morgan fingerprint density at radius 1 is 1.00 bits per heavy atom. The first-order valence-electron chi connectivity index (χ1n) is 8.41. The summed E-state index contributed by atoms with van der Waals surface area (Å²) in [4.78, 5) is 24.7. The monoisotopic (exact) mass is 360 g/mol. The van der Waals surface area contributed by atoms with Crippen molar-refractivity contribution in [2.45, 2.75) is 6.61 Å². The molecule has 1 aromatic heterocycles. The quantitative estimate of drug-likeness (QED) is 0.391. The summed E-state index contributed by atoms with van der Waals surface area (Å²) < 4.78 is 17.1. The van der Waals surface area contributed by atoms with E-state index in [9.17, 15) is 9.59 Å². The molecule has 0 N–H and O–H groups in total. The molecule has 5 nitrogen and oxygen atoms in total. The van der Waals surface area contributed by atoms with Crippen LogP contribution < -0.4 is 14.9 Å². The Hall–Kier alpha value is -3.60. The molecule has 0 spiro atoms. The number of fused-ring (bicyclic) bond motifs is 2. The van der Waals surface area contributed by atoms with Gasteiger partial charge in [0.25, 0.3) is 0 Å². The van der Waals surface area contributed by atoms with Crippen molar-refractivity contribution in [2.24, 2.45) is 0 Å². The largest absolute Gasteiger partial charge is 0.493 e. The summed E-state index contributed by atoms with van der Waals surface area (Å²) in [6, 6.07) is 18.0. The van der Waals surface area contributed by atoms with Gasteiger partial charge in [-0.25, -0.2) is 0 Å². The summed E-state index contributed by atoms with van der Waals surface area (Å²) in [7, 11) is 1.47. The fraction of sp³-hybridized carbons (Fsp3) is 0.0909. The van der Waals surface area contributed by atoms with E-state index in [-0.39, 0.29) is 34.3 Å². The van der Waals surface area contributed by atoms with Crippen LogP contribution in [0.4, 0.5) is 0 Å². The molecule has 0 radical (unpaired) electrons. The maximum atomic E-state index is 12.8. The molecule has 0 fully saturated rings. The number of carbonyl (C=O) groups is 1. The van der Waals surface area contributed by atoms with Crippen molar-refractivity contribution in [3.8, 4) is 11.5 Å². The predicted molar refractivity (Wildman–Crippen MR) is 103 cm³/mol. The van der Waals surface area contributed by atoms with Crippen LogP contribution in [0, 0.1) is 0 Å². The summed E-state index contributed by atoms with van der Waals surface area (Å²) in [6.45, 7) is 0.251. The summed E-state index contributed by atoms with van der Waals surface area (Å²) >= 11 is 0. The van der Waals surface area contributed by atoms with Crippen molar-refractivity contribution in [3.63, 3.8) is 0 Å². The van der Waals surface area contributed by atoms with Crippen LogP contribution in [-0.2, 0) is 6.61 Å². The van der Waals surface area contributed by atoms with Crippen molar-refractivity contribution < 1.29 is 18.7 Å². The van der Waals surface area contributed by atoms with Gasteiger partial charge in [-0.05, 0) is 23.8 Å². The number of hydrogen-bond donors (Lipinski definition) is 0. The molecule has 134 valence electrons. The van der Waals surface area contributed by atoms with Crippen LogP contribution in [0.1, 0.15) is 15.9 Å². The molecule has 4 aromatic rings. The van der Waals surface area contributed by atoms with Crippen LogP contribution in [0.5, 0.6) is 11.5 Å². The molecule has 0 saturated carbocycles. The van der Waals surface area contributed by atoms with Gasteiger partial charge in [0.2, 0.25) is 5.43 Å². The van der Waals surface area contributed by atoms with E-state index in [1.54, 1.807) is 30.3 Å². The molecule has 4 rings (SSSR count). The molecule has 3 aromatic carbocycles. The van der Waals surface area contributed by atoms with E-state index in [0.29, 0.717) is 23.0 Å². The number of rotatable bonds is 5. The zero-order valence-corrected chi connectivity index (χ0v) is 14.6. The molecule has 5 heteroatoms. The molecule has 27 heavy (non-hydrogen) atoms.